The molecule has 1 aromatic carbocycles. The van der Waals surface area contributed by atoms with Gasteiger partial charge in [0.2, 0.25) is 0 Å². The topological polar surface area (TPSA) is 37.0 Å². The Bertz CT molecular complexity index is 410. The molecule has 0 radical (unpaired) electrons. The van der Waals surface area contributed by atoms with Crippen molar-refractivity contribution in [2.24, 2.45) is 0 Å². The van der Waals surface area contributed by atoms with E-state index in [1.54, 1.807) is 0 Å². The van der Waals surface area contributed by atoms with E-state index in [1.807, 2.05) is 12.1 Å². The van der Waals surface area contributed by atoms with Gasteiger partial charge in [-0.05, 0) is 17.5 Å². The minimum absolute atomic E-state index is 0.0439. The summed E-state index contributed by atoms with van der Waals surface area (Å²) in [5, 5.41) is 4.52. The van der Waals surface area contributed by atoms with E-state index in [9.17, 15) is 0 Å². The largest absolute Gasteiger partial charge is 0.356 e. The maximum absolute atomic E-state index is 5.53. The molecule has 0 bridgehead atoms. The van der Waals surface area contributed by atoms with Crippen LogP contribution in [0.4, 0.5) is 0 Å². The summed E-state index contributed by atoms with van der Waals surface area (Å²) in [5.41, 5.74) is 2.28. The number of benzene rings is 1. The fraction of sp³-hybridized carbons (Fsp3) is 0.273. The number of fused-ring (bicyclic) bond motifs is 1. The second kappa shape index (κ2) is 3.12. The summed E-state index contributed by atoms with van der Waals surface area (Å²) in [7, 11) is 0. The van der Waals surface area contributed by atoms with Crippen molar-refractivity contribution in [2.75, 3.05) is 13.2 Å². The van der Waals surface area contributed by atoms with Crippen molar-refractivity contribution in [1.82, 2.24) is 10.3 Å². The molecule has 1 unspecified atom stereocenters. The third-order valence-corrected chi connectivity index (χ3v) is 2.55. The normalized spacial score (nSPS) is 21.9. The molecule has 0 spiro atoms. The molecule has 3 nitrogen and oxygen atoms in total. The van der Waals surface area contributed by atoms with Crippen LogP contribution in [0.25, 0.3) is 10.9 Å². The second-order valence-electron chi connectivity index (χ2n) is 3.52. The van der Waals surface area contributed by atoms with Crippen molar-refractivity contribution < 1.29 is 4.74 Å². The first-order chi connectivity index (χ1) is 6.93. The van der Waals surface area contributed by atoms with Crippen molar-refractivity contribution in [1.29, 1.82) is 0 Å². The third-order valence-electron chi connectivity index (χ3n) is 2.55. The summed E-state index contributed by atoms with van der Waals surface area (Å²) in [4.78, 5) is 3.35. The smallest absolute Gasteiger partial charge is 0.149 e. The summed E-state index contributed by atoms with van der Waals surface area (Å²) < 4.78 is 5.53. The van der Waals surface area contributed by atoms with Gasteiger partial charge in [-0.1, -0.05) is 18.2 Å². The monoisotopic (exact) mass is 188 g/mol. The van der Waals surface area contributed by atoms with Gasteiger partial charge in [-0.15, -0.1) is 0 Å². The molecule has 2 aromatic rings. The molecule has 3 rings (SSSR count). The van der Waals surface area contributed by atoms with Crippen LogP contribution in [0.2, 0.25) is 0 Å². The van der Waals surface area contributed by atoms with Crippen LogP contribution in [0.1, 0.15) is 11.9 Å². The molecule has 3 heteroatoms. The van der Waals surface area contributed by atoms with Gasteiger partial charge in [0.15, 0.2) is 0 Å². The number of hydrogen-bond acceptors (Lipinski definition) is 2. The maximum atomic E-state index is 5.53. The molecule has 1 aromatic heterocycles. The van der Waals surface area contributed by atoms with Gasteiger partial charge in [-0.2, -0.15) is 0 Å². The second-order valence-corrected chi connectivity index (χ2v) is 3.52. The van der Waals surface area contributed by atoms with E-state index >= 15 is 0 Å². The molecule has 1 atom stereocenters. The molecule has 0 saturated carbocycles. The molecule has 2 heterocycles. The van der Waals surface area contributed by atoms with E-state index in [2.05, 4.69) is 28.5 Å². The lowest BCUT2D eigenvalue weighted by atomic mass is 10.2. The van der Waals surface area contributed by atoms with Crippen LogP contribution in [0.3, 0.4) is 0 Å². The highest BCUT2D eigenvalue weighted by Gasteiger charge is 2.18. The number of ether oxygens (including phenoxy) is 1. The Morgan fingerprint density at radius 1 is 1.29 bits per heavy atom. The standard InChI is InChI=1S/C11H12N2O/c1-2-4-9-8(3-1)7-10(13-9)11-12-5-6-14-11/h1-4,7,11-13H,5-6H2. The number of para-hydroxylation sites is 1. The van der Waals surface area contributed by atoms with Gasteiger partial charge in [-0.3, -0.25) is 5.32 Å². The molecule has 1 fully saturated rings. The highest BCUT2D eigenvalue weighted by Crippen LogP contribution is 2.22. The van der Waals surface area contributed by atoms with Crippen molar-refractivity contribution >= 4 is 10.9 Å². The predicted octanol–water partition coefficient (Wildman–Crippen LogP) is 1.79. The van der Waals surface area contributed by atoms with Crippen LogP contribution in [0.15, 0.2) is 30.3 Å². The van der Waals surface area contributed by atoms with E-state index < -0.39 is 0 Å². The van der Waals surface area contributed by atoms with Crippen molar-refractivity contribution in [3.63, 3.8) is 0 Å². The summed E-state index contributed by atoms with van der Waals surface area (Å²) in [6, 6.07) is 10.4. The van der Waals surface area contributed by atoms with Gasteiger partial charge in [0.1, 0.15) is 6.23 Å². The number of rotatable bonds is 1. The summed E-state index contributed by atoms with van der Waals surface area (Å²) in [5.74, 6) is 0. The van der Waals surface area contributed by atoms with Crippen LogP contribution < -0.4 is 5.32 Å². The molecule has 1 aliphatic rings. The van der Waals surface area contributed by atoms with E-state index in [0.29, 0.717) is 0 Å². The molecular weight excluding hydrogens is 176 g/mol. The third kappa shape index (κ3) is 1.22. The average Bonchev–Trinajstić information content (AvgIpc) is 2.86. The molecule has 2 N–H and O–H groups in total. The lowest BCUT2D eigenvalue weighted by molar-refractivity contribution is 0.0991. The number of aromatic amines is 1. The zero-order valence-corrected chi connectivity index (χ0v) is 7.79. The van der Waals surface area contributed by atoms with Gasteiger partial charge in [0.05, 0.1) is 12.3 Å². The fourth-order valence-corrected chi connectivity index (χ4v) is 1.86. The van der Waals surface area contributed by atoms with E-state index in [-0.39, 0.29) is 6.23 Å². The molecule has 14 heavy (non-hydrogen) atoms. The van der Waals surface area contributed by atoms with Gasteiger partial charge in [-0.25, -0.2) is 0 Å². The molecular formula is C11H12N2O. The van der Waals surface area contributed by atoms with Crippen LogP contribution in [0, 0.1) is 0 Å². The Morgan fingerprint density at radius 2 is 2.21 bits per heavy atom. The summed E-state index contributed by atoms with van der Waals surface area (Å²) >= 11 is 0. The first-order valence-electron chi connectivity index (χ1n) is 4.86. The fourth-order valence-electron chi connectivity index (χ4n) is 1.86. The van der Waals surface area contributed by atoms with Crippen molar-refractivity contribution in [3.05, 3.63) is 36.0 Å². The maximum Gasteiger partial charge on any atom is 0.149 e. The number of hydrogen-bond donors (Lipinski definition) is 2. The predicted molar refractivity (Wildman–Crippen MR) is 55.0 cm³/mol. The molecule has 72 valence electrons. The number of H-pyrrole nitrogens is 1. The Hall–Kier alpha value is -1.32. The highest BCUT2D eigenvalue weighted by atomic mass is 16.5. The lowest BCUT2D eigenvalue weighted by Crippen LogP contribution is -2.13. The number of aromatic nitrogens is 1. The highest BCUT2D eigenvalue weighted by molar-refractivity contribution is 5.80. The SMILES string of the molecule is c1ccc2[nH]c(C3NCCO3)cc2c1. The Labute approximate surface area is 82.1 Å². The minimum Gasteiger partial charge on any atom is -0.356 e. The van der Waals surface area contributed by atoms with Crippen LogP contribution in [0.5, 0.6) is 0 Å². The lowest BCUT2D eigenvalue weighted by Gasteiger charge is -2.05. The Morgan fingerprint density at radius 3 is 3.00 bits per heavy atom. The van der Waals surface area contributed by atoms with Gasteiger partial charge >= 0.3 is 0 Å². The molecule has 1 saturated heterocycles. The first kappa shape index (κ1) is 8.03. The van der Waals surface area contributed by atoms with E-state index in [1.165, 1.54) is 10.9 Å². The molecule has 0 amide bonds. The average molecular weight is 188 g/mol. The molecule has 1 aliphatic heterocycles. The zero-order valence-electron chi connectivity index (χ0n) is 7.79. The Balaban J connectivity index is 2.05. The number of nitrogens with one attached hydrogen (secondary N) is 2. The quantitative estimate of drug-likeness (QED) is 0.715. The van der Waals surface area contributed by atoms with E-state index in [0.717, 1.165) is 18.8 Å². The summed E-state index contributed by atoms with van der Waals surface area (Å²) in [6.45, 7) is 1.72. The van der Waals surface area contributed by atoms with Crippen LogP contribution in [-0.2, 0) is 4.74 Å². The van der Waals surface area contributed by atoms with Gasteiger partial charge in [0.25, 0.3) is 0 Å². The van der Waals surface area contributed by atoms with E-state index in [4.69, 9.17) is 4.74 Å². The molecule has 0 aliphatic carbocycles. The van der Waals surface area contributed by atoms with Gasteiger partial charge in [0, 0.05) is 12.1 Å². The first-order valence-corrected chi connectivity index (χ1v) is 4.86. The van der Waals surface area contributed by atoms with Crippen LogP contribution >= 0.6 is 0 Å². The zero-order chi connectivity index (χ0) is 9.38. The van der Waals surface area contributed by atoms with Crippen molar-refractivity contribution in [2.45, 2.75) is 6.23 Å². The van der Waals surface area contributed by atoms with Gasteiger partial charge < -0.3 is 9.72 Å². The Kier molecular flexibility index (Phi) is 1.79. The summed E-state index contributed by atoms with van der Waals surface area (Å²) in [6.07, 6.45) is 0.0439. The van der Waals surface area contributed by atoms with Crippen LogP contribution in [-0.4, -0.2) is 18.1 Å². The minimum atomic E-state index is 0.0439. The van der Waals surface area contributed by atoms with Crippen molar-refractivity contribution in [3.8, 4) is 0 Å².